The maximum Gasteiger partial charge on any atom is 0.435 e. The third-order valence-corrected chi connectivity index (χ3v) is 5.60. The summed E-state index contributed by atoms with van der Waals surface area (Å²) >= 11 is 0. The molecule has 0 fully saturated rings. The van der Waals surface area contributed by atoms with E-state index in [1.165, 1.54) is 29.8 Å². The van der Waals surface area contributed by atoms with Gasteiger partial charge in [0.05, 0.1) is 22.4 Å². The number of hydrogen-bond donors (Lipinski definition) is 2. The molecule has 0 radical (unpaired) electrons. The van der Waals surface area contributed by atoms with Crippen molar-refractivity contribution in [2.45, 2.75) is 44.4 Å². The summed E-state index contributed by atoms with van der Waals surface area (Å²) in [7, 11) is -1.85. The second-order valence-electron chi connectivity index (χ2n) is 7.81. The van der Waals surface area contributed by atoms with Crippen molar-refractivity contribution < 1.29 is 22.5 Å². The molecule has 0 saturated heterocycles. The van der Waals surface area contributed by atoms with Crippen LogP contribution in [0, 0.1) is 5.92 Å². The summed E-state index contributed by atoms with van der Waals surface area (Å²) in [5.41, 5.74) is 1.44. The van der Waals surface area contributed by atoms with Crippen LogP contribution >= 0.6 is 0 Å². The molecule has 3 aromatic rings. The lowest BCUT2D eigenvalue weighted by Gasteiger charge is -2.14. The van der Waals surface area contributed by atoms with Crippen LogP contribution in [0.2, 0.25) is 0 Å². The van der Waals surface area contributed by atoms with Gasteiger partial charge in [-0.25, -0.2) is 14.0 Å². The molecule has 0 aliphatic rings. The van der Waals surface area contributed by atoms with Gasteiger partial charge in [-0.15, -0.1) is 0 Å². The van der Waals surface area contributed by atoms with Gasteiger partial charge in [0, 0.05) is 5.56 Å². The van der Waals surface area contributed by atoms with Gasteiger partial charge in [-0.05, 0) is 54.7 Å². The lowest BCUT2D eigenvalue weighted by Crippen LogP contribution is -2.10. The highest BCUT2D eigenvalue weighted by molar-refractivity contribution is 7.82. The van der Waals surface area contributed by atoms with Crippen LogP contribution in [0.4, 0.5) is 13.2 Å². The second kappa shape index (κ2) is 8.94. The third kappa shape index (κ3) is 5.23. The molecule has 31 heavy (non-hydrogen) atoms. The highest BCUT2D eigenvalue weighted by atomic mass is 32.2. The monoisotopic (exact) mass is 451 g/mol. The molecule has 2 aromatic carbocycles. The summed E-state index contributed by atoms with van der Waals surface area (Å²) in [6.07, 6.45) is -4.77. The van der Waals surface area contributed by atoms with Crippen LogP contribution in [0.3, 0.4) is 0 Å². The van der Waals surface area contributed by atoms with Gasteiger partial charge in [0.1, 0.15) is 11.0 Å². The van der Waals surface area contributed by atoms with E-state index in [4.69, 9.17) is 5.14 Å². The van der Waals surface area contributed by atoms with Crippen molar-refractivity contribution in [3.05, 3.63) is 65.4 Å². The quantitative estimate of drug-likeness (QED) is 0.565. The molecule has 9 heteroatoms. The fourth-order valence-electron chi connectivity index (χ4n) is 3.38. The fraction of sp³-hybridized carbons (Fsp3) is 0.318. The number of halogens is 3. The minimum atomic E-state index is -4.62. The molecule has 3 rings (SSSR count). The summed E-state index contributed by atoms with van der Waals surface area (Å²) in [5.74, 6) is 0.457. The smallest absolute Gasteiger partial charge is 0.389 e. The molecule has 0 saturated carbocycles. The Labute approximate surface area is 181 Å². The van der Waals surface area contributed by atoms with Crippen LogP contribution in [0.15, 0.2) is 53.4 Å². The van der Waals surface area contributed by atoms with Gasteiger partial charge in [-0.1, -0.05) is 38.1 Å². The molecule has 1 heterocycles. The number of nitrogens with two attached hydrogens (primary N) is 1. The summed E-state index contributed by atoms with van der Waals surface area (Å²) in [5, 5.41) is 19.3. The van der Waals surface area contributed by atoms with E-state index < -0.39 is 29.0 Å². The van der Waals surface area contributed by atoms with E-state index in [0.29, 0.717) is 17.2 Å². The number of aliphatic hydroxyl groups is 1. The van der Waals surface area contributed by atoms with Gasteiger partial charge in [0.15, 0.2) is 5.69 Å². The van der Waals surface area contributed by atoms with E-state index >= 15 is 0 Å². The number of benzene rings is 2. The van der Waals surface area contributed by atoms with Crippen molar-refractivity contribution in [2.24, 2.45) is 11.1 Å². The Balaban J connectivity index is 2.15. The Morgan fingerprint density at radius 2 is 1.74 bits per heavy atom. The Bertz CT molecular complexity index is 1090. The van der Waals surface area contributed by atoms with Crippen LogP contribution in [0.25, 0.3) is 16.9 Å². The number of hydrogen-bond acceptors (Lipinski definition) is 3. The van der Waals surface area contributed by atoms with Crippen molar-refractivity contribution in [1.29, 1.82) is 0 Å². The van der Waals surface area contributed by atoms with Crippen LogP contribution in [0.5, 0.6) is 0 Å². The van der Waals surface area contributed by atoms with Gasteiger partial charge in [0.25, 0.3) is 0 Å². The molecule has 0 aliphatic carbocycles. The summed E-state index contributed by atoms with van der Waals surface area (Å²) in [4.78, 5) is 0.210. The molecule has 2 atom stereocenters. The highest BCUT2D eigenvalue weighted by Gasteiger charge is 2.35. The molecular formula is C22H24F3N3O2S. The van der Waals surface area contributed by atoms with Crippen molar-refractivity contribution in [2.75, 3.05) is 0 Å². The molecule has 0 amide bonds. The van der Waals surface area contributed by atoms with Crippen LogP contribution in [-0.2, 0) is 23.6 Å². The maximum atomic E-state index is 13.4. The number of aromatic nitrogens is 2. The van der Waals surface area contributed by atoms with Crippen LogP contribution in [0.1, 0.15) is 43.7 Å². The van der Waals surface area contributed by atoms with Crippen LogP contribution in [-0.4, -0.2) is 19.1 Å². The number of rotatable bonds is 6. The first-order valence-corrected chi connectivity index (χ1v) is 10.9. The Morgan fingerprint density at radius 3 is 2.26 bits per heavy atom. The van der Waals surface area contributed by atoms with E-state index in [2.05, 4.69) is 18.9 Å². The molecule has 1 aromatic heterocycles. The largest absolute Gasteiger partial charge is 0.435 e. The highest BCUT2D eigenvalue weighted by Crippen LogP contribution is 2.34. The minimum Gasteiger partial charge on any atom is -0.389 e. The molecule has 0 spiro atoms. The van der Waals surface area contributed by atoms with Crippen molar-refractivity contribution >= 4 is 11.0 Å². The molecular weight excluding hydrogens is 427 g/mol. The first-order chi connectivity index (χ1) is 14.5. The molecule has 3 N–H and O–H groups in total. The van der Waals surface area contributed by atoms with E-state index in [1.54, 1.807) is 12.1 Å². The SMILES string of the molecule is CC(C)Cc1ccc(-c2cc(C(F)(F)F)nn2-c2ccc(S(N)=O)c(C(C)O)c2)cc1. The van der Waals surface area contributed by atoms with Crippen molar-refractivity contribution in [1.82, 2.24) is 9.78 Å². The van der Waals surface area contributed by atoms with Crippen molar-refractivity contribution in [3.63, 3.8) is 0 Å². The van der Waals surface area contributed by atoms with E-state index in [0.717, 1.165) is 18.1 Å². The lowest BCUT2D eigenvalue weighted by atomic mass is 10.0. The lowest BCUT2D eigenvalue weighted by molar-refractivity contribution is -0.141. The first-order valence-electron chi connectivity index (χ1n) is 9.72. The van der Waals surface area contributed by atoms with Crippen LogP contribution < -0.4 is 5.14 Å². The molecule has 0 aliphatic heterocycles. The third-order valence-electron chi connectivity index (χ3n) is 4.80. The number of alkyl halides is 3. The maximum absolute atomic E-state index is 13.4. The predicted octanol–water partition coefficient (Wildman–Crippen LogP) is 4.79. The van der Waals surface area contributed by atoms with Crippen molar-refractivity contribution in [3.8, 4) is 16.9 Å². The summed E-state index contributed by atoms with van der Waals surface area (Å²) in [6, 6.07) is 12.7. The minimum absolute atomic E-state index is 0.210. The Kier molecular flexibility index (Phi) is 6.68. The zero-order valence-electron chi connectivity index (χ0n) is 17.3. The number of aliphatic hydroxyl groups excluding tert-OH is 1. The zero-order chi connectivity index (χ0) is 22.9. The average Bonchev–Trinajstić information content (AvgIpc) is 3.13. The van der Waals surface area contributed by atoms with Gasteiger partial charge in [0.2, 0.25) is 0 Å². The Morgan fingerprint density at radius 1 is 1.10 bits per heavy atom. The molecule has 2 unspecified atom stereocenters. The van der Waals surface area contributed by atoms with E-state index in [-0.39, 0.29) is 16.2 Å². The van der Waals surface area contributed by atoms with Gasteiger partial charge in [-0.2, -0.15) is 18.3 Å². The molecule has 0 bridgehead atoms. The van der Waals surface area contributed by atoms with Gasteiger partial charge >= 0.3 is 6.18 Å². The standard InChI is InChI=1S/C22H24F3N3O2S/c1-13(2)10-15-4-6-16(7-5-15)19-12-21(22(23,24)25)27-28(19)17-8-9-20(31(26)30)18(11-17)14(3)29/h4-9,11-14,29H,10,26H2,1-3H3. The normalized spacial score (nSPS) is 14.1. The fourth-order valence-corrected chi connectivity index (χ4v) is 4.05. The van der Waals surface area contributed by atoms with Gasteiger partial charge in [-0.3, -0.25) is 0 Å². The molecule has 5 nitrogen and oxygen atoms in total. The average molecular weight is 452 g/mol. The van der Waals surface area contributed by atoms with E-state index in [1.807, 2.05) is 12.1 Å². The zero-order valence-corrected chi connectivity index (χ0v) is 18.2. The number of nitrogens with zero attached hydrogens (tertiary/aromatic N) is 2. The summed E-state index contributed by atoms with van der Waals surface area (Å²) in [6.45, 7) is 5.65. The van der Waals surface area contributed by atoms with E-state index in [9.17, 15) is 22.5 Å². The summed E-state index contributed by atoms with van der Waals surface area (Å²) < 4.78 is 53.2. The van der Waals surface area contributed by atoms with Gasteiger partial charge < -0.3 is 5.11 Å². The Hall–Kier alpha value is -2.49. The molecule has 166 valence electrons. The second-order valence-corrected chi connectivity index (χ2v) is 8.85. The topological polar surface area (TPSA) is 81.1 Å². The predicted molar refractivity (Wildman–Crippen MR) is 114 cm³/mol. The first kappa shape index (κ1) is 23.2.